The molecule has 1 heterocycles. The van der Waals surface area contributed by atoms with Crippen molar-refractivity contribution in [3.8, 4) is 0 Å². The van der Waals surface area contributed by atoms with Crippen molar-refractivity contribution in [1.29, 1.82) is 0 Å². The molecule has 0 unspecified atom stereocenters. The van der Waals surface area contributed by atoms with Crippen LogP contribution in [0.5, 0.6) is 0 Å². The quantitative estimate of drug-likeness (QED) is 0.811. The Labute approximate surface area is 152 Å². The Morgan fingerprint density at radius 2 is 1.72 bits per heavy atom. The molecule has 1 saturated heterocycles. The number of nitrogens with zero attached hydrogens (tertiary/aromatic N) is 2. The molecule has 5 heteroatoms. The molecule has 0 aromatic heterocycles. The van der Waals surface area contributed by atoms with E-state index in [9.17, 15) is 4.79 Å². The maximum absolute atomic E-state index is 12.2. The zero-order chi connectivity index (χ0) is 17.6. The smallest absolute Gasteiger partial charge is 0.264 e. The van der Waals surface area contributed by atoms with Crippen molar-refractivity contribution in [2.24, 2.45) is 4.99 Å². The molecule has 2 aromatic rings. The van der Waals surface area contributed by atoms with Crippen LogP contribution in [0.15, 0.2) is 64.5 Å². The normalized spacial score (nSPS) is 17.1. The van der Waals surface area contributed by atoms with Gasteiger partial charge in [-0.2, -0.15) is 0 Å². The average Bonchev–Trinajstić information content (AvgIpc) is 2.97. The van der Waals surface area contributed by atoms with Gasteiger partial charge in [0.25, 0.3) is 5.91 Å². The summed E-state index contributed by atoms with van der Waals surface area (Å²) in [5.41, 5.74) is 3.03. The minimum atomic E-state index is -0.104. The standard InChI is InChI=1S/C20H21N3OS/c1-3-23(4-2)17-12-10-15(11-13-17)14-18-19(24)22-20(25-18)21-16-8-6-5-7-9-16/h5-14H,3-4H2,1-2H3,(H,21,22,24)/b18-14+. The topological polar surface area (TPSA) is 44.7 Å². The molecule has 1 N–H and O–H groups in total. The lowest BCUT2D eigenvalue weighted by atomic mass is 10.2. The Morgan fingerprint density at radius 3 is 2.36 bits per heavy atom. The highest BCUT2D eigenvalue weighted by Crippen LogP contribution is 2.28. The van der Waals surface area contributed by atoms with Gasteiger partial charge in [0.1, 0.15) is 0 Å². The number of benzene rings is 2. The fourth-order valence-electron chi connectivity index (χ4n) is 2.62. The predicted octanol–water partition coefficient (Wildman–Crippen LogP) is 4.42. The van der Waals surface area contributed by atoms with E-state index >= 15 is 0 Å². The van der Waals surface area contributed by atoms with Crippen LogP contribution in [0.1, 0.15) is 19.4 Å². The maximum Gasteiger partial charge on any atom is 0.264 e. The third kappa shape index (κ3) is 4.31. The van der Waals surface area contributed by atoms with E-state index in [2.05, 4.69) is 41.2 Å². The van der Waals surface area contributed by atoms with Crippen molar-refractivity contribution in [1.82, 2.24) is 5.32 Å². The SMILES string of the molecule is CCN(CC)c1ccc(/C=C2/SC(=Nc3ccccc3)NC2=O)cc1. The summed E-state index contributed by atoms with van der Waals surface area (Å²) in [5.74, 6) is -0.104. The first-order chi connectivity index (χ1) is 12.2. The largest absolute Gasteiger partial charge is 0.372 e. The van der Waals surface area contributed by atoms with Crippen LogP contribution in [0.3, 0.4) is 0 Å². The zero-order valence-electron chi connectivity index (χ0n) is 14.4. The molecule has 128 valence electrons. The minimum Gasteiger partial charge on any atom is -0.372 e. The van der Waals surface area contributed by atoms with E-state index in [0.717, 1.165) is 24.3 Å². The predicted molar refractivity (Wildman–Crippen MR) is 107 cm³/mol. The van der Waals surface area contributed by atoms with Crippen molar-refractivity contribution >= 4 is 40.3 Å². The molecule has 0 aliphatic carbocycles. The zero-order valence-corrected chi connectivity index (χ0v) is 15.2. The van der Waals surface area contributed by atoms with Crippen LogP contribution in [0.2, 0.25) is 0 Å². The second-order valence-corrected chi connectivity index (χ2v) is 6.61. The molecule has 0 saturated carbocycles. The number of amides is 1. The Morgan fingerprint density at radius 1 is 1.04 bits per heavy atom. The van der Waals surface area contributed by atoms with Crippen LogP contribution >= 0.6 is 11.8 Å². The van der Waals surface area contributed by atoms with Crippen LogP contribution in [0.4, 0.5) is 11.4 Å². The third-order valence-corrected chi connectivity index (χ3v) is 4.87. The van der Waals surface area contributed by atoms with Crippen LogP contribution in [-0.4, -0.2) is 24.2 Å². The molecule has 1 aliphatic heterocycles. The Balaban J connectivity index is 1.75. The van der Waals surface area contributed by atoms with E-state index in [1.165, 1.54) is 17.4 Å². The fraction of sp³-hybridized carbons (Fsp3) is 0.200. The summed E-state index contributed by atoms with van der Waals surface area (Å²) >= 11 is 1.37. The molecule has 1 fully saturated rings. The molecule has 0 spiro atoms. The number of rotatable bonds is 5. The van der Waals surface area contributed by atoms with E-state index in [4.69, 9.17) is 0 Å². The second kappa shape index (κ2) is 8.03. The summed E-state index contributed by atoms with van der Waals surface area (Å²) in [6.07, 6.45) is 1.90. The highest BCUT2D eigenvalue weighted by molar-refractivity contribution is 8.18. The number of para-hydroxylation sites is 1. The van der Waals surface area contributed by atoms with Crippen LogP contribution < -0.4 is 10.2 Å². The monoisotopic (exact) mass is 351 g/mol. The number of nitrogens with one attached hydrogen (secondary N) is 1. The lowest BCUT2D eigenvalue weighted by molar-refractivity contribution is -0.115. The van der Waals surface area contributed by atoms with Gasteiger partial charge in [-0.05, 0) is 61.5 Å². The van der Waals surface area contributed by atoms with Crippen molar-refractivity contribution in [3.63, 3.8) is 0 Å². The van der Waals surface area contributed by atoms with Gasteiger partial charge in [0.2, 0.25) is 0 Å². The molecule has 25 heavy (non-hydrogen) atoms. The minimum absolute atomic E-state index is 0.104. The molecular weight excluding hydrogens is 330 g/mol. The summed E-state index contributed by atoms with van der Waals surface area (Å²) in [7, 11) is 0. The number of thioether (sulfide) groups is 1. The van der Waals surface area contributed by atoms with Crippen LogP contribution in [0, 0.1) is 0 Å². The Hall–Kier alpha value is -2.53. The van der Waals surface area contributed by atoms with Crippen molar-refractivity contribution in [2.75, 3.05) is 18.0 Å². The number of hydrogen-bond acceptors (Lipinski definition) is 4. The van der Waals surface area contributed by atoms with E-state index in [1.54, 1.807) is 0 Å². The van der Waals surface area contributed by atoms with Gasteiger partial charge in [-0.25, -0.2) is 4.99 Å². The third-order valence-electron chi connectivity index (χ3n) is 3.96. The first-order valence-electron chi connectivity index (χ1n) is 8.39. The molecule has 4 nitrogen and oxygen atoms in total. The summed E-state index contributed by atoms with van der Waals surface area (Å²) in [6.45, 7) is 6.25. The van der Waals surface area contributed by atoms with E-state index in [0.29, 0.717) is 10.1 Å². The highest BCUT2D eigenvalue weighted by atomic mass is 32.2. The lowest BCUT2D eigenvalue weighted by Gasteiger charge is -2.20. The first-order valence-corrected chi connectivity index (χ1v) is 9.21. The van der Waals surface area contributed by atoms with Crippen molar-refractivity contribution in [3.05, 3.63) is 65.1 Å². The molecule has 0 bridgehead atoms. The van der Waals surface area contributed by atoms with Crippen molar-refractivity contribution in [2.45, 2.75) is 13.8 Å². The number of amidine groups is 1. The van der Waals surface area contributed by atoms with Gasteiger partial charge in [-0.15, -0.1) is 0 Å². The van der Waals surface area contributed by atoms with Gasteiger partial charge in [0.15, 0.2) is 5.17 Å². The summed E-state index contributed by atoms with van der Waals surface area (Å²) < 4.78 is 0. The summed E-state index contributed by atoms with van der Waals surface area (Å²) in [5, 5.41) is 3.43. The van der Waals surface area contributed by atoms with Gasteiger partial charge in [0, 0.05) is 18.8 Å². The maximum atomic E-state index is 12.2. The van der Waals surface area contributed by atoms with Crippen LogP contribution in [-0.2, 0) is 4.79 Å². The Kier molecular flexibility index (Phi) is 5.56. The molecule has 1 aliphatic rings. The number of hydrogen-bond donors (Lipinski definition) is 1. The van der Waals surface area contributed by atoms with Gasteiger partial charge >= 0.3 is 0 Å². The van der Waals surface area contributed by atoms with Gasteiger partial charge in [-0.3, -0.25) is 4.79 Å². The number of carbonyl (C=O) groups is 1. The molecule has 1 amide bonds. The summed E-state index contributed by atoms with van der Waals surface area (Å²) in [6, 6.07) is 17.9. The number of anilines is 1. The Bertz CT molecular complexity index is 793. The van der Waals surface area contributed by atoms with E-state index < -0.39 is 0 Å². The molecule has 2 aromatic carbocycles. The lowest BCUT2D eigenvalue weighted by Crippen LogP contribution is -2.21. The fourth-order valence-corrected chi connectivity index (χ4v) is 3.46. The molecule has 0 radical (unpaired) electrons. The van der Waals surface area contributed by atoms with Gasteiger partial charge < -0.3 is 10.2 Å². The average molecular weight is 351 g/mol. The molecular formula is C20H21N3OS. The van der Waals surface area contributed by atoms with Crippen molar-refractivity contribution < 1.29 is 4.79 Å². The van der Waals surface area contributed by atoms with E-state index in [1.807, 2.05) is 48.5 Å². The van der Waals surface area contributed by atoms with Gasteiger partial charge in [0.05, 0.1) is 10.6 Å². The van der Waals surface area contributed by atoms with E-state index in [-0.39, 0.29) is 5.91 Å². The highest BCUT2D eigenvalue weighted by Gasteiger charge is 2.23. The number of carbonyl (C=O) groups excluding carboxylic acids is 1. The van der Waals surface area contributed by atoms with Crippen LogP contribution in [0.25, 0.3) is 6.08 Å². The first kappa shape index (κ1) is 17.3. The molecule has 0 atom stereocenters. The summed E-state index contributed by atoms with van der Waals surface area (Å²) in [4.78, 5) is 19.6. The second-order valence-electron chi connectivity index (χ2n) is 5.58. The van der Waals surface area contributed by atoms with Gasteiger partial charge in [-0.1, -0.05) is 30.3 Å². The number of aliphatic imine (C=N–C) groups is 1. The molecule has 3 rings (SSSR count).